The standard InChI is InChI=1S/C17H15BrN2S/c18-13-4-2-5-14(9-13)21-11-17(19)15-6-1-3-12-7-8-20-10-16(12)15/h1-10,17H,11,19H2. The Bertz CT molecular complexity index is 755. The zero-order valence-corrected chi connectivity index (χ0v) is 13.8. The van der Waals surface area contributed by atoms with Gasteiger partial charge in [0.1, 0.15) is 0 Å². The first kappa shape index (κ1) is 14.6. The van der Waals surface area contributed by atoms with Crippen LogP contribution in [0.5, 0.6) is 0 Å². The highest BCUT2D eigenvalue weighted by molar-refractivity contribution is 9.10. The number of thioether (sulfide) groups is 1. The van der Waals surface area contributed by atoms with E-state index < -0.39 is 0 Å². The number of hydrogen-bond donors (Lipinski definition) is 1. The van der Waals surface area contributed by atoms with Crippen molar-refractivity contribution < 1.29 is 0 Å². The van der Waals surface area contributed by atoms with Crippen LogP contribution in [0.15, 0.2) is 70.3 Å². The second-order valence-corrected chi connectivity index (χ2v) is 6.83. The van der Waals surface area contributed by atoms with Gasteiger partial charge in [-0.3, -0.25) is 4.98 Å². The van der Waals surface area contributed by atoms with Crippen LogP contribution < -0.4 is 5.73 Å². The van der Waals surface area contributed by atoms with E-state index in [1.54, 1.807) is 11.8 Å². The Kier molecular flexibility index (Phi) is 4.58. The van der Waals surface area contributed by atoms with Gasteiger partial charge in [0.25, 0.3) is 0 Å². The minimum Gasteiger partial charge on any atom is -0.323 e. The van der Waals surface area contributed by atoms with Gasteiger partial charge in [-0.05, 0) is 35.2 Å². The number of aromatic nitrogens is 1. The largest absolute Gasteiger partial charge is 0.323 e. The number of nitrogens with zero attached hydrogens (tertiary/aromatic N) is 1. The molecule has 21 heavy (non-hydrogen) atoms. The SMILES string of the molecule is NC(CSc1cccc(Br)c1)c1cccc2ccncc12. The minimum absolute atomic E-state index is 0.0121. The van der Waals surface area contributed by atoms with Crippen molar-refractivity contribution in [2.24, 2.45) is 5.73 Å². The first-order valence-electron chi connectivity index (χ1n) is 6.70. The van der Waals surface area contributed by atoms with Gasteiger partial charge in [-0.2, -0.15) is 0 Å². The fourth-order valence-electron chi connectivity index (χ4n) is 2.29. The van der Waals surface area contributed by atoms with Gasteiger partial charge < -0.3 is 5.73 Å². The Labute approximate surface area is 136 Å². The first-order chi connectivity index (χ1) is 10.2. The zero-order chi connectivity index (χ0) is 14.7. The summed E-state index contributed by atoms with van der Waals surface area (Å²) in [6, 6.07) is 16.5. The number of rotatable bonds is 4. The third-order valence-electron chi connectivity index (χ3n) is 3.34. The maximum absolute atomic E-state index is 6.39. The summed E-state index contributed by atoms with van der Waals surface area (Å²) in [5.74, 6) is 0.838. The molecular formula is C17H15BrN2S. The molecule has 0 spiro atoms. The predicted octanol–water partition coefficient (Wildman–Crippen LogP) is 4.79. The highest BCUT2D eigenvalue weighted by Gasteiger charge is 2.10. The van der Waals surface area contributed by atoms with Crippen molar-refractivity contribution in [3.05, 3.63) is 71.0 Å². The molecule has 1 unspecified atom stereocenters. The smallest absolute Gasteiger partial charge is 0.0397 e. The molecule has 0 aliphatic heterocycles. The minimum atomic E-state index is -0.0121. The van der Waals surface area contributed by atoms with Crippen molar-refractivity contribution in [2.45, 2.75) is 10.9 Å². The lowest BCUT2D eigenvalue weighted by molar-refractivity contribution is 0.839. The number of hydrogen-bond acceptors (Lipinski definition) is 3. The number of halogens is 1. The molecule has 2 aromatic carbocycles. The van der Waals surface area contributed by atoms with Gasteiger partial charge in [0.05, 0.1) is 0 Å². The summed E-state index contributed by atoms with van der Waals surface area (Å²) < 4.78 is 1.09. The van der Waals surface area contributed by atoms with E-state index in [0.717, 1.165) is 21.2 Å². The molecule has 3 aromatic rings. The molecular weight excluding hydrogens is 344 g/mol. The maximum atomic E-state index is 6.39. The van der Waals surface area contributed by atoms with Gasteiger partial charge in [-0.1, -0.05) is 40.2 Å². The van der Waals surface area contributed by atoms with Crippen molar-refractivity contribution in [3.63, 3.8) is 0 Å². The molecule has 106 valence electrons. The van der Waals surface area contributed by atoms with Crippen molar-refractivity contribution in [2.75, 3.05) is 5.75 Å². The molecule has 0 saturated carbocycles. The van der Waals surface area contributed by atoms with Crippen LogP contribution >= 0.6 is 27.7 Å². The molecule has 3 rings (SSSR count). The maximum Gasteiger partial charge on any atom is 0.0397 e. The van der Waals surface area contributed by atoms with E-state index >= 15 is 0 Å². The molecule has 1 atom stereocenters. The number of benzene rings is 2. The van der Waals surface area contributed by atoms with Crippen molar-refractivity contribution in [1.82, 2.24) is 4.98 Å². The summed E-state index contributed by atoms with van der Waals surface area (Å²) in [5.41, 5.74) is 7.54. The van der Waals surface area contributed by atoms with E-state index in [1.165, 1.54) is 10.3 Å². The Balaban J connectivity index is 1.79. The molecule has 2 N–H and O–H groups in total. The van der Waals surface area contributed by atoms with Crippen LogP contribution in [0.2, 0.25) is 0 Å². The van der Waals surface area contributed by atoms with E-state index in [9.17, 15) is 0 Å². The van der Waals surface area contributed by atoms with Crippen LogP contribution in [0, 0.1) is 0 Å². The molecule has 0 radical (unpaired) electrons. The molecule has 0 saturated heterocycles. The molecule has 0 fully saturated rings. The lowest BCUT2D eigenvalue weighted by Gasteiger charge is -2.14. The number of nitrogens with two attached hydrogens (primary N) is 1. The average molecular weight is 359 g/mol. The fourth-order valence-corrected chi connectivity index (χ4v) is 3.78. The fraction of sp³-hybridized carbons (Fsp3) is 0.118. The van der Waals surface area contributed by atoms with Crippen LogP contribution in [0.1, 0.15) is 11.6 Å². The van der Waals surface area contributed by atoms with E-state index in [1.807, 2.05) is 30.6 Å². The monoisotopic (exact) mass is 358 g/mol. The Morgan fingerprint density at radius 1 is 1.14 bits per heavy atom. The van der Waals surface area contributed by atoms with Gasteiger partial charge in [-0.25, -0.2) is 0 Å². The van der Waals surface area contributed by atoms with Gasteiger partial charge in [0.2, 0.25) is 0 Å². The summed E-state index contributed by atoms with van der Waals surface area (Å²) in [6.07, 6.45) is 3.71. The summed E-state index contributed by atoms with van der Waals surface area (Å²) in [4.78, 5) is 5.44. The average Bonchev–Trinajstić information content (AvgIpc) is 2.52. The Morgan fingerprint density at radius 3 is 2.86 bits per heavy atom. The molecule has 0 aliphatic carbocycles. The second kappa shape index (κ2) is 6.60. The van der Waals surface area contributed by atoms with Crippen LogP contribution in [0.25, 0.3) is 10.8 Å². The van der Waals surface area contributed by atoms with Crippen molar-refractivity contribution >= 4 is 38.5 Å². The summed E-state index contributed by atoms with van der Waals surface area (Å²) in [6.45, 7) is 0. The lowest BCUT2D eigenvalue weighted by atomic mass is 10.0. The highest BCUT2D eigenvalue weighted by atomic mass is 79.9. The summed E-state index contributed by atoms with van der Waals surface area (Å²) >= 11 is 5.26. The Hall–Kier alpha value is -1.36. The van der Waals surface area contributed by atoms with E-state index in [-0.39, 0.29) is 6.04 Å². The van der Waals surface area contributed by atoms with E-state index in [0.29, 0.717) is 0 Å². The zero-order valence-electron chi connectivity index (χ0n) is 11.4. The van der Waals surface area contributed by atoms with Gasteiger partial charge in [0.15, 0.2) is 0 Å². The molecule has 1 aromatic heterocycles. The lowest BCUT2D eigenvalue weighted by Crippen LogP contribution is -2.13. The van der Waals surface area contributed by atoms with E-state index in [4.69, 9.17) is 5.73 Å². The molecule has 2 nitrogen and oxygen atoms in total. The van der Waals surface area contributed by atoms with Crippen molar-refractivity contribution in [3.8, 4) is 0 Å². The van der Waals surface area contributed by atoms with Gasteiger partial charge >= 0.3 is 0 Å². The molecule has 1 heterocycles. The predicted molar refractivity (Wildman–Crippen MR) is 93.5 cm³/mol. The Morgan fingerprint density at radius 2 is 2.00 bits per heavy atom. The third-order valence-corrected chi connectivity index (χ3v) is 4.95. The molecule has 4 heteroatoms. The summed E-state index contributed by atoms with van der Waals surface area (Å²) in [7, 11) is 0. The normalized spacial score (nSPS) is 12.5. The van der Waals surface area contributed by atoms with Gasteiger partial charge in [-0.15, -0.1) is 11.8 Å². The van der Waals surface area contributed by atoms with E-state index in [2.05, 4.69) is 51.2 Å². The van der Waals surface area contributed by atoms with Gasteiger partial charge in [0, 0.05) is 38.9 Å². The highest BCUT2D eigenvalue weighted by Crippen LogP contribution is 2.28. The third kappa shape index (κ3) is 3.46. The first-order valence-corrected chi connectivity index (χ1v) is 8.48. The summed E-state index contributed by atoms with van der Waals surface area (Å²) in [5, 5.41) is 2.33. The molecule has 0 amide bonds. The van der Waals surface area contributed by atoms with Crippen LogP contribution in [-0.4, -0.2) is 10.7 Å². The number of fused-ring (bicyclic) bond motifs is 1. The van der Waals surface area contributed by atoms with Crippen LogP contribution in [0.4, 0.5) is 0 Å². The second-order valence-electron chi connectivity index (χ2n) is 4.82. The molecule has 0 aliphatic rings. The topological polar surface area (TPSA) is 38.9 Å². The molecule has 0 bridgehead atoms. The van der Waals surface area contributed by atoms with Crippen LogP contribution in [0.3, 0.4) is 0 Å². The van der Waals surface area contributed by atoms with Crippen molar-refractivity contribution in [1.29, 1.82) is 0 Å². The quantitative estimate of drug-likeness (QED) is 0.681. The number of pyridine rings is 1. The van der Waals surface area contributed by atoms with Crippen LogP contribution in [-0.2, 0) is 0 Å².